The van der Waals surface area contributed by atoms with E-state index in [4.69, 9.17) is 11.6 Å². The lowest BCUT2D eigenvalue weighted by atomic mass is 9.95. The summed E-state index contributed by atoms with van der Waals surface area (Å²) < 4.78 is 0. The molecule has 0 amide bonds. The van der Waals surface area contributed by atoms with E-state index in [1.807, 2.05) is 0 Å². The van der Waals surface area contributed by atoms with E-state index >= 15 is 0 Å². The molecule has 2 rings (SSSR count). The van der Waals surface area contributed by atoms with Gasteiger partial charge in [0.2, 0.25) is 0 Å². The number of benzene rings is 1. The number of phenols is 1. The first kappa shape index (κ1) is 11.7. The van der Waals surface area contributed by atoms with Gasteiger partial charge in [0, 0.05) is 11.6 Å². The van der Waals surface area contributed by atoms with E-state index in [1.165, 1.54) is 6.07 Å². The van der Waals surface area contributed by atoms with Gasteiger partial charge >= 0.3 is 0 Å². The number of rotatable bonds is 2. The van der Waals surface area contributed by atoms with Crippen LogP contribution in [0.2, 0.25) is 5.02 Å². The number of nitrogens with one attached hydrogen (secondary N) is 1. The zero-order valence-electron chi connectivity index (χ0n) is 8.99. The lowest BCUT2D eigenvalue weighted by Gasteiger charge is -2.28. The number of aromatic hydroxyl groups is 1. The van der Waals surface area contributed by atoms with Crippen molar-refractivity contribution in [3.05, 3.63) is 28.8 Å². The second kappa shape index (κ2) is 5.04. The predicted octanol–water partition coefficient (Wildman–Crippen LogP) is 2.22. The summed E-state index contributed by atoms with van der Waals surface area (Å²) in [6.45, 7) is 0.942. The van der Waals surface area contributed by atoms with Crippen LogP contribution in [-0.4, -0.2) is 22.8 Å². The molecule has 3 nitrogen and oxygen atoms in total. The van der Waals surface area contributed by atoms with Gasteiger partial charge < -0.3 is 15.5 Å². The first-order chi connectivity index (χ1) is 7.68. The molecule has 1 fully saturated rings. The predicted molar refractivity (Wildman–Crippen MR) is 63.7 cm³/mol. The second-order valence-electron chi connectivity index (χ2n) is 4.21. The van der Waals surface area contributed by atoms with Crippen LogP contribution in [0.1, 0.15) is 30.9 Å². The van der Waals surface area contributed by atoms with Crippen LogP contribution in [0, 0.1) is 0 Å². The summed E-state index contributed by atoms with van der Waals surface area (Å²) in [6, 6.07) is 4.75. The minimum absolute atomic E-state index is 0.0655. The number of aliphatic hydroxyl groups is 1. The van der Waals surface area contributed by atoms with Crippen molar-refractivity contribution in [3.63, 3.8) is 0 Å². The van der Waals surface area contributed by atoms with Crippen molar-refractivity contribution >= 4 is 11.6 Å². The van der Waals surface area contributed by atoms with Crippen molar-refractivity contribution < 1.29 is 10.2 Å². The Labute approximate surface area is 100 Å². The monoisotopic (exact) mass is 241 g/mol. The molecule has 0 spiro atoms. The van der Waals surface area contributed by atoms with Crippen molar-refractivity contribution in [2.75, 3.05) is 6.54 Å². The molecule has 0 radical (unpaired) electrons. The molecule has 0 saturated carbocycles. The molecule has 0 aliphatic carbocycles. The molecule has 1 saturated heterocycles. The fourth-order valence-corrected chi connectivity index (χ4v) is 2.41. The summed E-state index contributed by atoms with van der Waals surface area (Å²) in [5.41, 5.74) is 0.680. The smallest absolute Gasteiger partial charge is 0.117 e. The minimum Gasteiger partial charge on any atom is -0.508 e. The summed E-state index contributed by atoms with van der Waals surface area (Å²) in [5, 5.41) is 23.1. The van der Waals surface area contributed by atoms with Gasteiger partial charge in [0.05, 0.1) is 11.1 Å². The topological polar surface area (TPSA) is 52.5 Å². The normalized spacial score (nSPS) is 23.0. The number of halogens is 1. The van der Waals surface area contributed by atoms with Crippen LogP contribution in [0.4, 0.5) is 0 Å². The van der Waals surface area contributed by atoms with Gasteiger partial charge in [-0.15, -0.1) is 0 Å². The van der Waals surface area contributed by atoms with Crippen LogP contribution in [0.25, 0.3) is 0 Å². The lowest BCUT2D eigenvalue weighted by molar-refractivity contribution is 0.114. The Morgan fingerprint density at radius 3 is 2.81 bits per heavy atom. The van der Waals surface area contributed by atoms with Crippen LogP contribution in [-0.2, 0) is 0 Å². The number of hydrogen-bond donors (Lipinski definition) is 3. The fraction of sp³-hybridized carbons (Fsp3) is 0.500. The molecule has 1 aliphatic heterocycles. The Morgan fingerprint density at radius 2 is 2.19 bits per heavy atom. The zero-order valence-corrected chi connectivity index (χ0v) is 9.74. The van der Waals surface area contributed by atoms with E-state index in [1.54, 1.807) is 12.1 Å². The molecule has 2 unspecified atom stereocenters. The van der Waals surface area contributed by atoms with Gasteiger partial charge in [-0.2, -0.15) is 0 Å². The van der Waals surface area contributed by atoms with Crippen LogP contribution in [0.15, 0.2) is 18.2 Å². The Morgan fingerprint density at radius 1 is 1.38 bits per heavy atom. The standard InChI is InChI=1S/C12H16ClNO2/c13-10-7-8(15)4-5-9(10)12(16)11-3-1-2-6-14-11/h4-5,7,11-12,14-16H,1-3,6H2. The number of hydrogen-bond acceptors (Lipinski definition) is 3. The highest BCUT2D eigenvalue weighted by Gasteiger charge is 2.24. The molecule has 3 N–H and O–H groups in total. The number of piperidine rings is 1. The zero-order chi connectivity index (χ0) is 11.5. The Balaban J connectivity index is 2.15. The molecule has 1 aliphatic rings. The van der Waals surface area contributed by atoms with Gasteiger partial charge in [0.25, 0.3) is 0 Å². The number of aliphatic hydroxyl groups excluding tert-OH is 1. The van der Waals surface area contributed by atoms with Crippen molar-refractivity contribution in [2.24, 2.45) is 0 Å². The molecule has 4 heteroatoms. The van der Waals surface area contributed by atoms with Crippen LogP contribution in [0.3, 0.4) is 0 Å². The van der Waals surface area contributed by atoms with E-state index in [9.17, 15) is 10.2 Å². The molecule has 1 aromatic carbocycles. The first-order valence-electron chi connectivity index (χ1n) is 5.58. The molecule has 1 heterocycles. The third-order valence-corrected chi connectivity index (χ3v) is 3.36. The molecular formula is C12H16ClNO2. The Bertz CT molecular complexity index is 364. The van der Waals surface area contributed by atoms with E-state index in [-0.39, 0.29) is 11.8 Å². The highest BCUT2D eigenvalue weighted by atomic mass is 35.5. The quantitative estimate of drug-likeness (QED) is 0.744. The van der Waals surface area contributed by atoms with Crippen LogP contribution in [0.5, 0.6) is 5.75 Å². The average molecular weight is 242 g/mol. The Kier molecular flexibility index (Phi) is 3.69. The van der Waals surface area contributed by atoms with Gasteiger partial charge in [-0.1, -0.05) is 24.1 Å². The molecule has 88 valence electrons. The van der Waals surface area contributed by atoms with Gasteiger partial charge in [-0.05, 0) is 31.5 Å². The minimum atomic E-state index is -0.603. The summed E-state index contributed by atoms with van der Waals surface area (Å²) in [7, 11) is 0. The summed E-state index contributed by atoms with van der Waals surface area (Å²) in [6.07, 6.45) is 2.64. The van der Waals surface area contributed by atoms with Gasteiger partial charge in [-0.3, -0.25) is 0 Å². The number of phenolic OH excluding ortho intramolecular Hbond substituents is 1. The third-order valence-electron chi connectivity index (χ3n) is 3.03. The second-order valence-corrected chi connectivity index (χ2v) is 4.61. The average Bonchev–Trinajstić information content (AvgIpc) is 2.29. The molecule has 16 heavy (non-hydrogen) atoms. The maximum Gasteiger partial charge on any atom is 0.117 e. The molecule has 1 aromatic rings. The van der Waals surface area contributed by atoms with E-state index < -0.39 is 6.10 Å². The van der Waals surface area contributed by atoms with E-state index in [0.717, 1.165) is 25.8 Å². The molecule has 2 atom stereocenters. The Hall–Kier alpha value is -0.770. The molecule has 0 bridgehead atoms. The summed E-state index contributed by atoms with van der Waals surface area (Å²) in [4.78, 5) is 0. The maximum atomic E-state index is 10.2. The van der Waals surface area contributed by atoms with E-state index in [2.05, 4.69) is 5.32 Å². The van der Waals surface area contributed by atoms with Crippen molar-refractivity contribution in [3.8, 4) is 5.75 Å². The van der Waals surface area contributed by atoms with Gasteiger partial charge in [0.1, 0.15) is 5.75 Å². The summed E-state index contributed by atoms with van der Waals surface area (Å²) in [5.74, 6) is 0.123. The maximum absolute atomic E-state index is 10.2. The molecule has 0 aromatic heterocycles. The van der Waals surface area contributed by atoms with E-state index in [0.29, 0.717) is 10.6 Å². The fourth-order valence-electron chi connectivity index (χ4n) is 2.12. The van der Waals surface area contributed by atoms with Crippen LogP contribution < -0.4 is 5.32 Å². The van der Waals surface area contributed by atoms with Crippen molar-refractivity contribution in [1.82, 2.24) is 5.32 Å². The highest BCUT2D eigenvalue weighted by Crippen LogP contribution is 2.30. The van der Waals surface area contributed by atoms with Crippen LogP contribution >= 0.6 is 11.6 Å². The van der Waals surface area contributed by atoms with Crippen molar-refractivity contribution in [2.45, 2.75) is 31.4 Å². The van der Waals surface area contributed by atoms with Gasteiger partial charge in [-0.25, -0.2) is 0 Å². The highest BCUT2D eigenvalue weighted by molar-refractivity contribution is 6.31. The largest absolute Gasteiger partial charge is 0.508 e. The van der Waals surface area contributed by atoms with Crippen molar-refractivity contribution in [1.29, 1.82) is 0 Å². The third kappa shape index (κ3) is 2.48. The molecular weight excluding hydrogens is 226 g/mol. The SMILES string of the molecule is Oc1ccc(C(O)C2CCCCN2)c(Cl)c1. The lowest BCUT2D eigenvalue weighted by Crippen LogP contribution is -2.38. The van der Waals surface area contributed by atoms with Gasteiger partial charge in [0.15, 0.2) is 0 Å². The summed E-state index contributed by atoms with van der Waals surface area (Å²) >= 11 is 6.00. The first-order valence-corrected chi connectivity index (χ1v) is 5.96.